The molecule has 0 saturated heterocycles. The van der Waals surface area contributed by atoms with Crippen LogP contribution >= 0.6 is 0 Å². The van der Waals surface area contributed by atoms with Gasteiger partial charge in [-0.3, -0.25) is 0 Å². The fourth-order valence-electron chi connectivity index (χ4n) is 1.74. The van der Waals surface area contributed by atoms with E-state index in [1.54, 1.807) is 12.3 Å². The number of nitrogens with zero attached hydrogens (tertiary/aromatic N) is 3. The summed E-state index contributed by atoms with van der Waals surface area (Å²) in [5.74, 6) is 1.33. The zero-order valence-electron chi connectivity index (χ0n) is 11.1. The van der Waals surface area contributed by atoms with Crippen molar-refractivity contribution in [2.45, 2.75) is 6.04 Å². The topological polar surface area (TPSA) is 61.3 Å². The van der Waals surface area contributed by atoms with Gasteiger partial charge in [0.25, 0.3) is 0 Å². The van der Waals surface area contributed by atoms with Gasteiger partial charge in [-0.1, -0.05) is 30.3 Å². The summed E-state index contributed by atoms with van der Waals surface area (Å²) in [6.45, 7) is 0.00527. The van der Waals surface area contributed by atoms with Crippen LogP contribution in [0.2, 0.25) is 0 Å². The summed E-state index contributed by atoms with van der Waals surface area (Å²) in [5.41, 5.74) is 1.02. The highest BCUT2D eigenvalue weighted by Crippen LogP contribution is 2.18. The molecule has 0 aliphatic rings. The van der Waals surface area contributed by atoms with E-state index in [1.165, 1.54) is 0 Å². The minimum atomic E-state index is -0.175. The lowest BCUT2D eigenvalue weighted by atomic mass is 10.1. The molecule has 19 heavy (non-hydrogen) atoms. The van der Waals surface area contributed by atoms with Gasteiger partial charge in [0.2, 0.25) is 5.95 Å². The van der Waals surface area contributed by atoms with E-state index in [0.29, 0.717) is 11.8 Å². The van der Waals surface area contributed by atoms with Gasteiger partial charge in [0, 0.05) is 20.3 Å². The van der Waals surface area contributed by atoms with Gasteiger partial charge in [0.05, 0.1) is 12.6 Å². The zero-order chi connectivity index (χ0) is 13.7. The smallest absolute Gasteiger partial charge is 0.226 e. The van der Waals surface area contributed by atoms with Crippen molar-refractivity contribution in [1.82, 2.24) is 9.97 Å². The van der Waals surface area contributed by atoms with E-state index in [2.05, 4.69) is 15.3 Å². The molecule has 1 aromatic heterocycles. The summed E-state index contributed by atoms with van der Waals surface area (Å²) in [7, 11) is 3.78. The number of aromatic nitrogens is 2. The summed E-state index contributed by atoms with van der Waals surface area (Å²) >= 11 is 0. The first-order valence-electron chi connectivity index (χ1n) is 6.13. The van der Waals surface area contributed by atoms with Crippen LogP contribution in [0.25, 0.3) is 0 Å². The third-order valence-corrected chi connectivity index (χ3v) is 2.75. The van der Waals surface area contributed by atoms with E-state index < -0.39 is 0 Å². The molecule has 5 nitrogen and oxygen atoms in total. The Bertz CT molecular complexity index is 516. The lowest BCUT2D eigenvalue weighted by molar-refractivity contribution is 0.276. The van der Waals surface area contributed by atoms with Crippen LogP contribution in [0.15, 0.2) is 42.6 Å². The second-order valence-corrected chi connectivity index (χ2v) is 4.43. The van der Waals surface area contributed by atoms with E-state index in [9.17, 15) is 5.11 Å². The summed E-state index contributed by atoms with van der Waals surface area (Å²) in [6.07, 6.45) is 1.70. The second-order valence-electron chi connectivity index (χ2n) is 4.43. The minimum absolute atomic E-state index is 0.00527. The van der Waals surface area contributed by atoms with Crippen LogP contribution in [0.5, 0.6) is 0 Å². The summed E-state index contributed by atoms with van der Waals surface area (Å²) < 4.78 is 0. The molecule has 0 aliphatic carbocycles. The van der Waals surface area contributed by atoms with Crippen molar-refractivity contribution in [1.29, 1.82) is 0 Å². The predicted molar refractivity (Wildman–Crippen MR) is 76.3 cm³/mol. The van der Waals surface area contributed by atoms with Crippen LogP contribution in [-0.2, 0) is 0 Å². The van der Waals surface area contributed by atoms with Gasteiger partial charge in [0.1, 0.15) is 5.82 Å². The molecule has 0 radical (unpaired) electrons. The molecule has 100 valence electrons. The Hall–Kier alpha value is -2.14. The molecule has 2 rings (SSSR count). The average Bonchev–Trinajstić information content (AvgIpc) is 2.46. The number of benzene rings is 1. The standard InChI is InChI=1S/C14H18N4O/c1-18(2)14-15-9-8-13(17-14)16-12(10-19)11-6-4-3-5-7-11/h3-9,12,19H,10H2,1-2H3,(H,15,16,17). The zero-order valence-corrected chi connectivity index (χ0v) is 11.1. The van der Waals surface area contributed by atoms with E-state index >= 15 is 0 Å². The number of hydrogen-bond acceptors (Lipinski definition) is 5. The third-order valence-electron chi connectivity index (χ3n) is 2.75. The number of nitrogens with one attached hydrogen (secondary N) is 1. The van der Waals surface area contributed by atoms with E-state index in [1.807, 2.05) is 49.3 Å². The van der Waals surface area contributed by atoms with E-state index in [-0.39, 0.29) is 12.6 Å². The van der Waals surface area contributed by atoms with E-state index in [4.69, 9.17) is 0 Å². The normalized spacial score (nSPS) is 11.9. The largest absolute Gasteiger partial charge is 0.394 e. The van der Waals surface area contributed by atoms with Crippen LogP contribution < -0.4 is 10.2 Å². The van der Waals surface area contributed by atoms with Gasteiger partial charge in [-0.25, -0.2) is 4.98 Å². The van der Waals surface area contributed by atoms with Crippen LogP contribution in [-0.4, -0.2) is 35.8 Å². The minimum Gasteiger partial charge on any atom is -0.394 e. The predicted octanol–water partition coefficient (Wildman–Crippen LogP) is 1.69. The highest BCUT2D eigenvalue weighted by Gasteiger charge is 2.11. The fraction of sp³-hybridized carbons (Fsp3) is 0.286. The third kappa shape index (κ3) is 3.42. The Kier molecular flexibility index (Phi) is 4.30. The molecule has 2 aromatic rings. The van der Waals surface area contributed by atoms with E-state index in [0.717, 1.165) is 5.56 Å². The van der Waals surface area contributed by atoms with Crippen molar-refractivity contribution >= 4 is 11.8 Å². The molecule has 0 spiro atoms. The fourth-order valence-corrected chi connectivity index (χ4v) is 1.74. The van der Waals surface area contributed by atoms with Crippen molar-refractivity contribution in [3.8, 4) is 0 Å². The molecule has 1 heterocycles. The SMILES string of the molecule is CN(C)c1nccc(NC(CO)c2ccccc2)n1. The van der Waals surface area contributed by atoms with Gasteiger partial charge < -0.3 is 15.3 Å². The highest BCUT2D eigenvalue weighted by molar-refractivity contribution is 5.42. The monoisotopic (exact) mass is 258 g/mol. The number of hydrogen-bond donors (Lipinski definition) is 2. The van der Waals surface area contributed by atoms with Crippen LogP contribution in [0.3, 0.4) is 0 Å². The van der Waals surface area contributed by atoms with Crippen molar-refractivity contribution in [3.63, 3.8) is 0 Å². The summed E-state index contributed by atoms with van der Waals surface area (Å²) in [6, 6.07) is 11.4. The lowest BCUT2D eigenvalue weighted by Crippen LogP contribution is -2.17. The average molecular weight is 258 g/mol. The quantitative estimate of drug-likeness (QED) is 0.854. The van der Waals surface area contributed by atoms with Gasteiger partial charge in [-0.15, -0.1) is 0 Å². The molecule has 1 unspecified atom stereocenters. The van der Waals surface area contributed by atoms with Gasteiger partial charge in [0.15, 0.2) is 0 Å². The van der Waals surface area contributed by atoms with Crippen molar-refractivity contribution in [2.24, 2.45) is 0 Å². The molecule has 2 N–H and O–H groups in total. The Morgan fingerprint density at radius 3 is 2.58 bits per heavy atom. The number of aliphatic hydroxyl groups excluding tert-OH is 1. The van der Waals surface area contributed by atoms with Crippen LogP contribution in [0, 0.1) is 0 Å². The maximum atomic E-state index is 9.50. The number of aliphatic hydroxyl groups is 1. The first kappa shape index (κ1) is 13.3. The van der Waals surface area contributed by atoms with Crippen molar-refractivity contribution in [2.75, 3.05) is 30.9 Å². The molecule has 0 amide bonds. The maximum absolute atomic E-state index is 9.50. The van der Waals surface area contributed by atoms with Gasteiger partial charge in [-0.2, -0.15) is 4.98 Å². The van der Waals surface area contributed by atoms with Crippen molar-refractivity contribution < 1.29 is 5.11 Å². The molecule has 5 heteroatoms. The molecule has 1 atom stereocenters. The van der Waals surface area contributed by atoms with Crippen molar-refractivity contribution in [3.05, 3.63) is 48.2 Å². The molecule has 0 fully saturated rings. The molecule has 1 aromatic carbocycles. The molecular weight excluding hydrogens is 240 g/mol. The van der Waals surface area contributed by atoms with Gasteiger partial charge in [-0.05, 0) is 11.6 Å². The second kappa shape index (κ2) is 6.15. The lowest BCUT2D eigenvalue weighted by Gasteiger charge is -2.18. The summed E-state index contributed by atoms with van der Waals surface area (Å²) in [4.78, 5) is 10.4. The maximum Gasteiger partial charge on any atom is 0.226 e. The Morgan fingerprint density at radius 1 is 1.21 bits per heavy atom. The Balaban J connectivity index is 2.17. The van der Waals surface area contributed by atoms with Gasteiger partial charge >= 0.3 is 0 Å². The Labute approximate surface area is 112 Å². The first-order valence-corrected chi connectivity index (χ1v) is 6.13. The molecular formula is C14H18N4O. The first-order chi connectivity index (χ1) is 9.20. The Morgan fingerprint density at radius 2 is 1.95 bits per heavy atom. The highest BCUT2D eigenvalue weighted by atomic mass is 16.3. The molecule has 0 aliphatic heterocycles. The molecule has 0 bridgehead atoms. The molecule has 0 saturated carbocycles. The summed E-state index contributed by atoms with van der Waals surface area (Å²) in [5, 5.41) is 12.7. The van der Waals surface area contributed by atoms with Crippen LogP contribution in [0.4, 0.5) is 11.8 Å². The number of anilines is 2. The van der Waals surface area contributed by atoms with Crippen LogP contribution in [0.1, 0.15) is 11.6 Å². The number of rotatable bonds is 5.